The minimum Gasteiger partial charge on any atom is -0.379 e. The van der Waals surface area contributed by atoms with E-state index in [0.29, 0.717) is 6.04 Å². The molecule has 2 aliphatic rings. The van der Waals surface area contributed by atoms with Crippen molar-refractivity contribution < 1.29 is 4.74 Å². The highest BCUT2D eigenvalue weighted by Gasteiger charge is 2.27. The molecule has 16 heavy (non-hydrogen) atoms. The summed E-state index contributed by atoms with van der Waals surface area (Å²) in [5.74, 6) is 0. The Balaban J connectivity index is 1.71. The van der Waals surface area contributed by atoms with Gasteiger partial charge in [0, 0.05) is 24.0 Å². The molecule has 1 aliphatic heterocycles. The van der Waals surface area contributed by atoms with E-state index < -0.39 is 0 Å². The fourth-order valence-corrected chi connectivity index (χ4v) is 3.58. The van der Waals surface area contributed by atoms with Gasteiger partial charge in [0.25, 0.3) is 0 Å². The Morgan fingerprint density at radius 2 is 2.19 bits per heavy atom. The first-order valence-electron chi connectivity index (χ1n) is 5.89. The fourth-order valence-electron chi connectivity index (χ4n) is 2.63. The molecule has 0 bridgehead atoms. The SMILES string of the molecule is Nc1nc2c(s1)CC(N1CCOCC1)CC2. The number of thiazole rings is 1. The predicted octanol–water partition coefficient (Wildman–Crippen LogP) is 0.915. The Labute approximate surface area is 99.4 Å². The molecule has 1 fully saturated rings. The molecule has 88 valence electrons. The van der Waals surface area contributed by atoms with Crippen LogP contribution in [0.15, 0.2) is 0 Å². The van der Waals surface area contributed by atoms with E-state index in [2.05, 4.69) is 9.88 Å². The molecule has 4 nitrogen and oxygen atoms in total. The highest BCUT2D eigenvalue weighted by Crippen LogP contribution is 2.30. The quantitative estimate of drug-likeness (QED) is 0.791. The van der Waals surface area contributed by atoms with E-state index in [-0.39, 0.29) is 0 Å². The number of anilines is 1. The predicted molar refractivity (Wildman–Crippen MR) is 64.7 cm³/mol. The molecule has 0 amide bonds. The third-order valence-electron chi connectivity index (χ3n) is 3.49. The number of morpholine rings is 1. The molecule has 0 aromatic carbocycles. The van der Waals surface area contributed by atoms with E-state index in [4.69, 9.17) is 10.5 Å². The average Bonchev–Trinajstić information content (AvgIpc) is 2.69. The van der Waals surface area contributed by atoms with Crippen LogP contribution in [-0.2, 0) is 17.6 Å². The Hall–Kier alpha value is -0.650. The lowest BCUT2D eigenvalue weighted by atomic mass is 9.96. The third kappa shape index (κ3) is 1.95. The summed E-state index contributed by atoms with van der Waals surface area (Å²) in [6, 6.07) is 0.677. The van der Waals surface area contributed by atoms with Gasteiger partial charge >= 0.3 is 0 Å². The summed E-state index contributed by atoms with van der Waals surface area (Å²) in [7, 11) is 0. The van der Waals surface area contributed by atoms with Crippen molar-refractivity contribution in [3.8, 4) is 0 Å². The molecule has 1 aliphatic carbocycles. The minimum atomic E-state index is 0.677. The summed E-state index contributed by atoms with van der Waals surface area (Å²) in [6.07, 6.45) is 3.44. The third-order valence-corrected chi connectivity index (χ3v) is 4.44. The van der Waals surface area contributed by atoms with E-state index in [0.717, 1.165) is 44.3 Å². The smallest absolute Gasteiger partial charge is 0.180 e. The molecule has 0 radical (unpaired) electrons. The highest BCUT2D eigenvalue weighted by molar-refractivity contribution is 7.15. The maximum Gasteiger partial charge on any atom is 0.180 e. The number of rotatable bonds is 1. The minimum absolute atomic E-state index is 0.677. The maximum absolute atomic E-state index is 5.76. The zero-order valence-corrected chi connectivity index (χ0v) is 10.1. The largest absolute Gasteiger partial charge is 0.379 e. The van der Waals surface area contributed by atoms with Crippen molar-refractivity contribution in [3.05, 3.63) is 10.6 Å². The molecule has 3 rings (SSSR count). The molecule has 0 spiro atoms. The van der Waals surface area contributed by atoms with Crippen LogP contribution in [0.3, 0.4) is 0 Å². The maximum atomic E-state index is 5.76. The van der Waals surface area contributed by atoms with Crippen LogP contribution in [0.1, 0.15) is 17.0 Å². The summed E-state index contributed by atoms with van der Waals surface area (Å²) >= 11 is 1.67. The van der Waals surface area contributed by atoms with E-state index >= 15 is 0 Å². The van der Waals surface area contributed by atoms with Crippen molar-refractivity contribution in [3.63, 3.8) is 0 Å². The lowest BCUT2D eigenvalue weighted by Gasteiger charge is -2.36. The number of nitrogen functional groups attached to an aromatic ring is 1. The molecule has 1 unspecified atom stereocenters. The van der Waals surface area contributed by atoms with Gasteiger partial charge in [-0.25, -0.2) is 4.98 Å². The summed E-state index contributed by atoms with van der Waals surface area (Å²) in [4.78, 5) is 8.34. The molecular formula is C11H17N3OS. The van der Waals surface area contributed by atoms with Gasteiger partial charge in [0.15, 0.2) is 5.13 Å². The van der Waals surface area contributed by atoms with Crippen LogP contribution in [0.5, 0.6) is 0 Å². The molecule has 1 aromatic heterocycles. The second kappa shape index (κ2) is 4.31. The van der Waals surface area contributed by atoms with Crippen LogP contribution in [0.4, 0.5) is 5.13 Å². The van der Waals surface area contributed by atoms with Crippen molar-refractivity contribution in [1.82, 2.24) is 9.88 Å². The number of fused-ring (bicyclic) bond motifs is 1. The van der Waals surface area contributed by atoms with Crippen molar-refractivity contribution in [2.45, 2.75) is 25.3 Å². The monoisotopic (exact) mass is 239 g/mol. The molecular weight excluding hydrogens is 222 g/mol. The van der Waals surface area contributed by atoms with E-state index in [1.807, 2.05) is 0 Å². The molecule has 1 aromatic rings. The number of aromatic nitrogens is 1. The summed E-state index contributed by atoms with van der Waals surface area (Å²) in [5, 5.41) is 0.729. The van der Waals surface area contributed by atoms with Gasteiger partial charge in [-0.2, -0.15) is 0 Å². The van der Waals surface area contributed by atoms with Crippen molar-refractivity contribution in [2.24, 2.45) is 0 Å². The van der Waals surface area contributed by atoms with Crippen LogP contribution < -0.4 is 5.73 Å². The lowest BCUT2D eigenvalue weighted by molar-refractivity contribution is 0.0139. The Bertz CT molecular complexity index is 373. The van der Waals surface area contributed by atoms with Crippen LogP contribution >= 0.6 is 11.3 Å². The topological polar surface area (TPSA) is 51.4 Å². The van der Waals surface area contributed by atoms with Gasteiger partial charge in [-0.15, -0.1) is 11.3 Å². The number of aryl methyl sites for hydroxylation is 1. The van der Waals surface area contributed by atoms with Crippen molar-refractivity contribution in [1.29, 1.82) is 0 Å². The van der Waals surface area contributed by atoms with Gasteiger partial charge in [0.05, 0.1) is 18.9 Å². The Morgan fingerprint density at radius 1 is 1.38 bits per heavy atom. The molecule has 5 heteroatoms. The summed E-state index contributed by atoms with van der Waals surface area (Å²) in [5.41, 5.74) is 7.00. The number of hydrogen-bond acceptors (Lipinski definition) is 5. The second-order valence-electron chi connectivity index (χ2n) is 4.47. The van der Waals surface area contributed by atoms with Crippen LogP contribution in [0.25, 0.3) is 0 Å². The van der Waals surface area contributed by atoms with Gasteiger partial charge in [-0.3, -0.25) is 4.90 Å². The molecule has 2 heterocycles. The van der Waals surface area contributed by atoms with Crippen LogP contribution in [0.2, 0.25) is 0 Å². The van der Waals surface area contributed by atoms with Gasteiger partial charge < -0.3 is 10.5 Å². The highest BCUT2D eigenvalue weighted by atomic mass is 32.1. The normalized spacial score (nSPS) is 26.6. The Kier molecular flexibility index (Phi) is 2.83. The van der Waals surface area contributed by atoms with Crippen LogP contribution in [-0.4, -0.2) is 42.2 Å². The summed E-state index contributed by atoms with van der Waals surface area (Å²) < 4.78 is 5.39. The number of nitrogens with two attached hydrogens (primary N) is 1. The van der Waals surface area contributed by atoms with Gasteiger partial charge in [-0.1, -0.05) is 0 Å². The van der Waals surface area contributed by atoms with Crippen molar-refractivity contribution in [2.75, 3.05) is 32.0 Å². The summed E-state index contributed by atoms with van der Waals surface area (Å²) in [6.45, 7) is 3.92. The van der Waals surface area contributed by atoms with E-state index in [9.17, 15) is 0 Å². The first kappa shape index (κ1) is 10.5. The van der Waals surface area contributed by atoms with Crippen LogP contribution in [0, 0.1) is 0 Å². The molecule has 2 N–H and O–H groups in total. The average molecular weight is 239 g/mol. The molecule has 1 atom stereocenters. The Morgan fingerprint density at radius 3 is 3.00 bits per heavy atom. The second-order valence-corrected chi connectivity index (χ2v) is 5.58. The van der Waals surface area contributed by atoms with E-state index in [1.54, 1.807) is 11.3 Å². The fraction of sp³-hybridized carbons (Fsp3) is 0.727. The first-order valence-corrected chi connectivity index (χ1v) is 6.70. The van der Waals surface area contributed by atoms with Gasteiger partial charge in [0.2, 0.25) is 0 Å². The standard InChI is InChI=1S/C11H17N3OS/c12-11-13-9-2-1-8(7-10(9)16-11)14-3-5-15-6-4-14/h8H,1-7H2,(H2,12,13). The number of nitrogens with zero attached hydrogens (tertiary/aromatic N) is 2. The zero-order valence-electron chi connectivity index (χ0n) is 9.32. The lowest BCUT2D eigenvalue weighted by Crippen LogP contribution is -2.45. The van der Waals surface area contributed by atoms with Crippen molar-refractivity contribution >= 4 is 16.5 Å². The molecule has 0 saturated carbocycles. The molecule has 1 saturated heterocycles. The van der Waals surface area contributed by atoms with Gasteiger partial charge in [0.1, 0.15) is 0 Å². The number of hydrogen-bond donors (Lipinski definition) is 1. The zero-order chi connectivity index (χ0) is 11.0. The van der Waals surface area contributed by atoms with E-state index in [1.165, 1.54) is 17.0 Å². The number of ether oxygens (including phenoxy) is 1. The van der Waals surface area contributed by atoms with Gasteiger partial charge in [-0.05, 0) is 19.3 Å². The first-order chi connectivity index (χ1) is 7.83.